The van der Waals surface area contributed by atoms with Crippen LogP contribution in [0.5, 0.6) is 0 Å². The van der Waals surface area contributed by atoms with E-state index in [2.05, 4.69) is 52.9 Å². The van der Waals surface area contributed by atoms with Crippen molar-refractivity contribution in [2.24, 2.45) is 16.7 Å². The third-order valence-electron chi connectivity index (χ3n) is 9.56. The Labute approximate surface area is 245 Å². The molecular formula is C36H48N2O3. The summed E-state index contributed by atoms with van der Waals surface area (Å²) >= 11 is 0. The van der Waals surface area contributed by atoms with E-state index in [4.69, 9.17) is 9.40 Å². The number of Topliss-reactive ketones (excluding diaryl/α,β-unsaturated/α-hetero) is 2. The van der Waals surface area contributed by atoms with Crippen LogP contribution in [0.3, 0.4) is 0 Å². The molecule has 5 nitrogen and oxygen atoms in total. The van der Waals surface area contributed by atoms with Gasteiger partial charge in [0.2, 0.25) is 5.78 Å². The summed E-state index contributed by atoms with van der Waals surface area (Å²) in [5, 5.41) is 3.18. The lowest BCUT2D eigenvalue weighted by atomic mass is 9.71. The maximum Gasteiger partial charge on any atom is 0.201 e. The van der Waals surface area contributed by atoms with E-state index >= 15 is 0 Å². The number of carbonyl (C=O) groups is 2. The van der Waals surface area contributed by atoms with Crippen LogP contribution in [0.2, 0.25) is 0 Å². The van der Waals surface area contributed by atoms with Gasteiger partial charge in [-0.2, -0.15) is 0 Å². The molecule has 1 aliphatic heterocycles. The fraction of sp³-hybridized carbons (Fsp3) is 0.583. The van der Waals surface area contributed by atoms with Crippen LogP contribution in [0.4, 0.5) is 0 Å². The second-order valence-corrected chi connectivity index (χ2v) is 15.3. The smallest absolute Gasteiger partial charge is 0.201 e. The molecule has 2 aromatic heterocycles. The Morgan fingerprint density at radius 1 is 1.05 bits per heavy atom. The molecule has 3 heterocycles. The second kappa shape index (κ2) is 10.7. The van der Waals surface area contributed by atoms with Crippen molar-refractivity contribution in [1.82, 2.24) is 10.3 Å². The number of hydrogen-bond acceptors (Lipinski definition) is 5. The van der Waals surface area contributed by atoms with Crippen LogP contribution in [0.15, 0.2) is 51.7 Å². The first-order valence-electron chi connectivity index (χ1n) is 15.5. The molecular weight excluding hydrogens is 508 g/mol. The average molecular weight is 557 g/mol. The summed E-state index contributed by atoms with van der Waals surface area (Å²) in [7, 11) is 0. The lowest BCUT2D eigenvalue weighted by Gasteiger charge is -2.34. The van der Waals surface area contributed by atoms with E-state index < -0.39 is 5.41 Å². The van der Waals surface area contributed by atoms with Crippen LogP contribution in [0.1, 0.15) is 134 Å². The van der Waals surface area contributed by atoms with Gasteiger partial charge in [-0.1, -0.05) is 60.1 Å². The monoisotopic (exact) mass is 556 g/mol. The van der Waals surface area contributed by atoms with Gasteiger partial charge in [-0.25, -0.2) is 4.98 Å². The minimum absolute atomic E-state index is 0.0149. The normalized spacial score (nSPS) is 23.7. The molecule has 1 fully saturated rings. The fourth-order valence-corrected chi connectivity index (χ4v) is 6.88. The molecule has 5 heteroatoms. The molecule has 2 aliphatic carbocycles. The van der Waals surface area contributed by atoms with Crippen molar-refractivity contribution in [3.8, 4) is 0 Å². The number of nitrogens with zero attached hydrogens (tertiary/aromatic N) is 1. The number of dihydropyridines is 1. The molecule has 0 radical (unpaired) electrons. The molecule has 1 unspecified atom stereocenters. The molecule has 0 aromatic carbocycles. The number of rotatable bonds is 4. The van der Waals surface area contributed by atoms with Gasteiger partial charge < -0.3 is 9.73 Å². The molecule has 1 saturated carbocycles. The third kappa shape index (κ3) is 6.15. The summed E-state index contributed by atoms with van der Waals surface area (Å²) in [6, 6.07) is 4.10. The van der Waals surface area contributed by atoms with Crippen LogP contribution in [-0.4, -0.2) is 16.6 Å². The molecule has 5 rings (SSSR count). The first-order chi connectivity index (χ1) is 19.1. The van der Waals surface area contributed by atoms with Crippen molar-refractivity contribution >= 4 is 22.7 Å². The molecule has 0 amide bonds. The van der Waals surface area contributed by atoms with Crippen LogP contribution in [-0.2, 0) is 10.2 Å². The van der Waals surface area contributed by atoms with Gasteiger partial charge in [0, 0.05) is 46.3 Å². The number of furan rings is 1. The topological polar surface area (TPSA) is 72.2 Å². The van der Waals surface area contributed by atoms with Crippen LogP contribution < -0.4 is 5.32 Å². The molecule has 0 saturated heterocycles. The van der Waals surface area contributed by atoms with Crippen molar-refractivity contribution in [1.29, 1.82) is 0 Å². The number of aromatic nitrogens is 1. The van der Waals surface area contributed by atoms with Gasteiger partial charge in [0.1, 0.15) is 5.52 Å². The third-order valence-corrected chi connectivity index (χ3v) is 9.56. The predicted octanol–water partition coefficient (Wildman–Crippen LogP) is 9.09. The van der Waals surface area contributed by atoms with E-state index in [0.717, 1.165) is 52.8 Å². The van der Waals surface area contributed by atoms with Crippen molar-refractivity contribution in [2.75, 3.05) is 0 Å². The quantitative estimate of drug-likeness (QED) is 0.380. The van der Waals surface area contributed by atoms with E-state index in [0.29, 0.717) is 36.4 Å². The number of carbonyl (C=O) groups excluding carboxylic acids is 2. The van der Waals surface area contributed by atoms with E-state index in [1.165, 1.54) is 18.4 Å². The van der Waals surface area contributed by atoms with Gasteiger partial charge in [-0.05, 0) is 87.0 Å². The maximum absolute atomic E-state index is 14.0. The Bertz CT molecular complexity index is 1450. The highest BCUT2D eigenvalue weighted by molar-refractivity contribution is 6.04. The van der Waals surface area contributed by atoms with Crippen molar-refractivity contribution < 1.29 is 14.0 Å². The number of ketones is 2. The molecule has 1 N–H and O–H groups in total. The second-order valence-electron chi connectivity index (χ2n) is 15.3. The molecule has 41 heavy (non-hydrogen) atoms. The Kier molecular flexibility index (Phi) is 7.72. The van der Waals surface area contributed by atoms with Gasteiger partial charge in [0.05, 0.1) is 0 Å². The van der Waals surface area contributed by atoms with Crippen molar-refractivity contribution in [3.05, 3.63) is 64.3 Å². The first kappa shape index (κ1) is 29.5. The number of fused-ring (bicyclic) bond motifs is 1. The standard InChI is InChI=1S/C36H48N2O3/c1-22-16-25(21-37-20-22)26-11-9-10-24(19-36(7,8)33(26)40)31(39)30-18-29-32(41-30)27(34(2,3)4)17-28(38-29)23-12-14-35(5,6)15-13-23/h11,17-18,20-21,23-24,37H,9-10,12-16,19H2,1-8H3. The predicted molar refractivity (Wildman–Crippen MR) is 166 cm³/mol. The highest BCUT2D eigenvalue weighted by Gasteiger charge is 2.39. The molecule has 0 spiro atoms. The highest BCUT2D eigenvalue weighted by atomic mass is 16.3. The fourth-order valence-electron chi connectivity index (χ4n) is 6.88. The van der Waals surface area contributed by atoms with Crippen molar-refractivity contribution in [2.45, 2.75) is 118 Å². The minimum atomic E-state index is -0.661. The zero-order valence-electron chi connectivity index (χ0n) is 26.4. The zero-order valence-corrected chi connectivity index (χ0v) is 26.4. The van der Waals surface area contributed by atoms with Gasteiger partial charge in [0.15, 0.2) is 17.1 Å². The Morgan fingerprint density at radius 2 is 1.76 bits per heavy atom. The number of nitrogens with one attached hydrogen (secondary N) is 1. The van der Waals surface area contributed by atoms with Gasteiger partial charge in [0.25, 0.3) is 0 Å². The summed E-state index contributed by atoms with van der Waals surface area (Å²) in [5.41, 5.74) is 6.36. The summed E-state index contributed by atoms with van der Waals surface area (Å²) < 4.78 is 6.38. The Morgan fingerprint density at radius 3 is 2.41 bits per heavy atom. The Balaban J connectivity index is 1.44. The van der Waals surface area contributed by atoms with Gasteiger partial charge >= 0.3 is 0 Å². The minimum Gasteiger partial charge on any atom is -0.451 e. The number of hydrogen-bond donors (Lipinski definition) is 1. The molecule has 0 bridgehead atoms. The summed E-state index contributed by atoms with van der Waals surface area (Å²) in [5.74, 6) is 0.622. The lowest BCUT2D eigenvalue weighted by Crippen LogP contribution is -2.33. The molecule has 3 aliphatic rings. The lowest BCUT2D eigenvalue weighted by molar-refractivity contribution is -0.123. The Hall–Kier alpha value is -2.95. The van der Waals surface area contributed by atoms with Crippen LogP contribution in [0, 0.1) is 16.7 Å². The summed E-state index contributed by atoms with van der Waals surface area (Å²) in [6.07, 6.45) is 13.3. The van der Waals surface area contributed by atoms with E-state index in [-0.39, 0.29) is 22.9 Å². The van der Waals surface area contributed by atoms with E-state index in [1.54, 1.807) is 0 Å². The number of pyridine rings is 1. The SMILES string of the molecule is CC1=CNC=C(C2=CCCC(C(=O)c3cc4nc(C5CCC(C)(C)CC5)cc(C(C)(C)C)c4o3)CC(C)(C)C2=O)C1. The maximum atomic E-state index is 14.0. The van der Waals surface area contributed by atoms with E-state index in [9.17, 15) is 9.59 Å². The van der Waals surface area contributed by atoms with Gasteiger partial charge in [-0.3, -0.25) is 9.59 Å². The first-order valence-corrected chi connectivity index (χ1v) is 15.5. The van der Waals surface area contributed by atoms with E-state index in [1.807, 2.05) is 38.4 Å². The van der Waals surface area contributed by atoms with Crippen molar-refractivity contribution in [3.63, 3.8) is 0 Å². The average Bonchev–Trinajstić information content (AvgIpc) is 3.32. The largest absolute Gasteiger partial charge is 0.451 e. The summed E-state index contributed by atoms with van der Waals surface area (Å²) in [6.45, 7) is 17.3. The highest BCUT2D eigenvalue weighted by Crippen LogP contribution is 2.44. The summed E-state index contributed by atoms with van der Waals surface area (Å²) in [4.78, 5) is 32.8. The molecule has 2 aromatic rings. The van der Waals surface area contributed by atoms with Crippen LogP contribution in [0.25, 0.3) is 11.1 Å². The zero-order chi connectivity index (χ0) is 29.7. The van der Waals surface area contributed by atoms with Gasteiger partial charge in [-0.15, -0.1) is 0 Å². The molecule has 220 valence electrons. The molecule has 1 atom stereocenters. The number of allylic oxidation sites excluding steroid dienone is 4. The van der Waals surface area contributed by atoms with Crippen LogP contribution >= 0.6 is 0 Å².